The van der Waals surface area contributed by atoms with Gasteiger partial charge in [0.2, 0.25) is 0 Å². The molecule has 0 heterocycles. The van der Waals surface area contributed by atoms with Crippen LogP contribution < -0.4 is 0 Å². The van der Waals surface area contributed by atoms with E-state index < -0.39 is 21.1 Å². The van der Waals surface area contributed by atoms with Crippen molar-refractivity contribution >= 4 is 33.1 Å². The molecule has 0 aromatic rings. The van der Waals surface area contributed by atoms with Crippen LogP contribution in [-0.4, -0.2) is 46.3 Å². The van der Waals surface area contributed by atoms with Gasteiger partial charge in [0.15, 0.2) is 0 Å². The van der Waals surface area contributed by atoms with Gasteiger partial charge >= 0.3 is 114 Å². The molecule has 0 aliphatic carbocycles. The summed E-state index contributed by atoms with van der Waals surface area (Å²) in [5, 5.41) is 0. The molecule has 0 bridgehead atoms. The van der Waals surface area contributed by atoms with Gasteiger partial charge in [0, 0.05) is 0 Å². The van der Waals surface area contributed by atoms with E-state index in [-0.39, 0.29) is 19.8 Å². The molecule has 0 aliphatic heterocycles. The van der Waals surface area contributed by atoms with Gasteiger partial charge in [0.1, 0.15) is 0 Å². The summed E-state index contributed by atoms with van der Waals surface area (Å²) >= 11 is -1.15. The van der Waals surface area contributed by atoms with E-state index in [4.69, 9.17) is 9.47 Å². The average molecular weight is 349 g/mol. The first kappa shape index (κ1) is 16.7. The molecule has 0 fully saturated rings. The third-order valence-corrected chi connectivity index (χ3v) is 8.33. The van der Waals surface area contributed by atoms with Crippen molar-refractivity contribution in [2.45, 2.75) is 48.4 Å². The predicted molar refractivity (Wildman–Crippen MR) is 67.1 cm³/mol. The first-order valence-electron chi connectivity index (χ1n) is 6.19. The van der Waals surface area contributed by atoms with Crippen molar-refractivity contribution in [1.29, 1.82) is 0 Å². The van der Waals surface area contributed by atoms with Crippen LogP contribution >= 0.6 is 0 Å². The van der Waals surface area contributed by atoms with Crippen LogP contribution in [0.1, 0.15) is 40.5 Å². The molecule has 98 valence electrons. The van der Waals surface area contributed by atoms with Crippen molar-refractivity contribution in [2.24, 2.45) is 0 Å². The fraction of sp³-hybridized carbons (Fsp3) is 0.833. The quantitative estimate of drug-likeness (QED) is 0.498. The molecular formula is C12H22O4Sn. The number of carbonyl (C=O) groups excluding carboxylic acids is 2. The molecule has 2 atom stereocenters. The molecular weight excluding hydrogens is 327 g/mol. The van der Waals surface area contributed by atoms with E-state index in [0.29, 0.717) is 13.2 Å². The first-order valence-corrected chi connectivity index (χ1v) is 9.49. The van der Waals surface area contributed by atoms with Crippen LogP contribution in [0.25, 0.3) is 0 Å². The van der Waals surface area contributed by atoms with Crippen molar-refractivity contribution in [2.75, 3.05) is 13.2 Å². The molecule has 0 amide bonds. The number of ether oxygens (including phenoxy) is 2. The number of rotatable bonds is 8. The van der Waals surface area contributed by atoms with E-state index in [2.05, 4.69) is 0 Å². The van der Waals surface area contributed by atoms with Crippen molar-refractivity contribution in [3.8, 4) is 0 Å². The van der Waals surface area contributed by atoms with Crippen LogP contribution in [-0.2, 0) is 19.1 Å². The molecule has 0 saturated carbocycles. The number of hydrogen-bond donors (Lipinski definition) is 0. The fourth-order valence-corrected chi connectivity index (χ4v) is 5.42. The Labute approximate surface area is 114 Å². The van der Waals surface area contributed by atoms with Crippen molar-refractivity contribution < 1.29 is 19.1 Å². The Morgan fingerprint density at radius 3 is 1.47 bits per heavy atom. The normalized spacial score (nSPS) is 13.9. The van der Waals surface area contributed by atoms with Crippen molar-refractivity contribution in [3.05, 3.63) is 0 Å². The minimum atomic E-state index is -1.15. The van der Waals surface area contributed by atoms with Gasteiger partial charge in [-0.1, -0.05) is 0 Å². The van der Waals surface area contributed by atoms with E-state index >= 15 is 0 Å². The number of carbonyl (C=O) groups is 2. The Bertz CT molecular complexity index is 219. The topological polar surface area (TPSA) is 52.6 Å². The molecule has 17 heavy (non-hydrogen) atoms. The van der Waals surface area contributed by atoms with Crippen molar-refractivity contribution in [1.82, 2.24) is 0 Å². The fourth-order valence-electron chi connectivity index (χ4n) is 1.43. The molecule has 5 heteroatoms. The molecule has 2 unspecified atom stereocenters. The third kappa shape index (κ3) is 6.29. The zero-order chi connectivity index (χ0) is 13.3. The summed E-state index contributed by atoms with van der Waals surface area (Å²) in [4.78, 5) is 23.3. The number of esters is 2. The first-order chi connectivity index (χ1) is 8.10. The monoisotopic (exact) mass is 350 g/mol. The van der Waals surface area contributed by atoms with Gasteiger partial charge in [-0.25, -0.2) is 0 Å². The zero-order valence-electron chi connectivity index (χ0n) is 11.1. The average Bonchev–Trinajstić information content (AvgIpc) is 2.31. The Balaban J connectivity index is 4.40. The van der Waals surface area contributed by atoms with Crippen LogP contribution in [0.3, 0.4) is 0 Å². The Kier molecular flexibility index (Phi) is 9.59. The predicted octanol–water partition coefficient (Wildman–Crippen LogP) is 2.21. The molecule has 0 aromatic carbocycles. The molecule has 0 aromatic heterocycles. The molecule has 0 aliphatic rings. The third-order valence-electron chi connectivity index (χ3n) is 2.36. The summed E-state index contributed by atoms with van der Waals surface area (Å²) in [5.74, 6) is -0.270. The van der Waals surface area contributed by atoms with Gasteiger partial charge in [-0.05, 0) is 0 Å². The summed E-state index contributed by atoms with van der Waals surface area (Å²) in [5.41, 5.74) is 0. The summed E-state index contributed by atoms with van der Waals surface area (Å²) < 4.78 is 9.99. The van der Waals surface area contributed by atoms with E-state index in [1.807, 2.05) is 13.8 Å². The molecule has 0 rings (SSSR count). The standard InChI is InChI=1S/2C6H11O2.Sn/c2*1-3-5-6(7)8-4-2;/h2*5H,3-4H2,1-2H3;. The van der Waals surface area contributed by atoms with E-state index in [1.165, 1.54) is 0 Å². The second-order valence-electron chi connectivity index (χ2n) is 3.59. The minimum absolute atomic E-state index is 0.0343. The van der Waals surface area contributed by atoms with E-state index in [1.54, 1.807) is 13.8 Å². The Morgan fingerprint density at radius 2 is 1.24 bits per heavy atom. The second kappa shape index (κ2) is 9.74. The SMILES string of the molecule is CCOC(=O)[CH](CC)[Sn][CH](CC)C(=O)OCC. The maximum absolute atomic E-state index is 11.7. The van der Waals surface area contributed by atoms with Crippen LogP contribution in [0, 0.1) is 0 Å². The van der Waals surface area contributed by atoms with Gasteiger partial charge in [-0.3, -0.25) is 0 Å². The maximum atomic E-state index is 11.7. The van der Waals surface area contributed by atoms with Gasteiger partial charge in [-0.15, -0.1) is 0 Å². The number of hydrogen-bond acceptors (Lipinski definition) is 4. The molecule has 0 N–H and O–H groups in total. The van der Waals surface area contributed by atoms with Crippen molar-refractivity contribution in [3.63, 3.8) is 0 Å². The molecule has 4 nitrogen and oxygen atoms in total. The zero-order valence-corrected chi connectivity index (χ0v) is 14.0. The summed E-state index contributed by atoms with van der Waals surface area (Å²) in [6.07, 6.45) is 1.53. The molecule has 0 spiro atoms. The van der Waals surface area contributed by atoms with Crippen LogP contribution in [0.4, 0.5) is 0 Å². The summed E-state index contributed by atoms with van der Waals surface area (Å²) in [7, 11) is 0. The van der Waals surface area contributed by atoms with Crippen LogP contribution in [0.5, 0.6) is 0 Å². The van der Waals surface area contributed by atoms with Gasteiger partial charge < -0.3 is 0 Å². The van der Waals surface area contributed by atoms with E-state index in [9.17, 15) is 9.59 Å². The van der Waals surface area contributed by atoms with Gasteiger partial charge in [0.05, 0.1) is 0 Å². The molecule has 2 radical (unpaired) electrons. The summed E-state index contributed by atoms with van der Waals surface area (Å²) in [6.45, 7) is 8.37. The Morgan fingerprint density at radius 1 is 0.882 bits per heavy atom. The summed E-state index contributed by atoms with van der Waals surface area (Å²) in [6, 6.07) is 0. The van der Waals surface area contributed by atoms with Crippen LogP contribution in [0.2, 0.25) is 7.87 Å². The Hall–Kier alpha value is -0.261. The second-order valence-corrected chi connectivity index (χ2v) is 8.52. The molecule has 0 saturated heterocycles. The van der Waals surface area contributed by atoms with E-state index in [0.717, 1.165) is 12.8 Å². The van der Waals surface area contributed by atoms with Gasteiger partial charge in [0.25, 0.3) is 0 Å². The van der Waals surface area contributed by atoms with Crippen LogP contribution in [0.15, 0.2) is 0 Å². The van der Waals surface area contributed by atoms with Gasteiger partial charge in [-0.2, -0.15) is 0 Å².